The molecule has 1 aromatic rings. The summed E-state index contributed by atoms with van der Waals surface area (Å²) in [6.07, 6.45) is 6.43. The lowest BCUT2D eigenvalue weighted by Crippen LogP contribution is -2.31. The zero-order chi connectivity index (χ0) is 16.2. The van der Waals surface area contributed by atoms with Gasteiger partial charge in [0, 0.05) is 18.0 Å². The van der Waals surface area contributed by atoms with Crippen LogP contribution in [-0.4, -0.2) is 42.2 Å². The zero-order valence-corrected chi connectivity index (χ0v) is 14.1. The van der Waals surface area contributed by atoms with Gasteiger partial charge in [-0.25, -0.2) is 0 Å². The van der Waals surface area contributed by atoms with Gasteiger partial charge in [0.1, 0.15) is 11.1 Å². The molecule has 124 valence electrons. The predicted molar refractivity (Wildman–Crippen MR) is 90.6 cm³/mol. The average Bonchev–Trinajstić information content (AvgIpc) is 3.04. The molecule has 0 spiro atoms. The molecule has 6 heteroatoms. The molecule has 0 saturated carbocycles. The molecule has 0 radical (unpaired) electrons. The molecular formula is C17H23N3O2S. The van der Waals surface area contributed by atoms with Gasteiger partial charge < -0.3 is 10.4 Å². The Balaban J connectivity index is 1.66. The van der Waals surface area contributed by atoms with Crippen molar-refractivity contribution < 1.29 is 9.90 Å². The van der Waals surface area contributed by atoms with Crippen LogP contribution in [0.4, 0.5) is 5.00 Å². The van der Waals surface area contributed by atoms with Crippen molar-refractivity contribution >= 4 is 22.2 Å². The summed E-state index contributed by atoms with van der Waals surface area (Å²) in [7, 11) is 0. The van der Waals surface area contributed by atoms with Crippen molar-refractivity contribution in [2.24, 2.45) is 5.92 Å². The summed E-state index contributed by atoms with van der Waals surface area (Å²) < 4.78 is 0. The van der Waals surface area contributed by atoms with E-state index >= 15 is 0 Å². The number of thiophene rings is 1. The van der Waals surface area contributed by atoms with Crippen molar-refractivity contribution in [2.75, 3.05) is 31.6 Å². The van der Waals surface area contributed by atoms with Crippen LogP contribution in [0.15, 0.2) is 0 Å². The number of rotatable bonds is 4. The van der Waals surface area contributed by atoms with Crippen LogP contribution in [0.3, 0.4) is 0 Å². The van der Waals surface area contributed by atoms with Crippen molar-refractivity contribution in [1.29, 1.82) is 5.26 Å². The van der Waals surface area contributed by atoms with E-state index in [4.69, 9.17) is 0 Å². The van der Waals surface area contributed by atoms with Crippen molar-refractivity contribution in [3.05, 3.63) is 16.0 Å². The molecule has 1 atom stereocenters. The number of nitrogens with zero attached hydrogens (tertiary/aromatic N) is 2. The third kappa shape index (κ3) is 3.74. The molecule has 1 fully saturated rings. The Labute approximate surface area is 140 Å². The molecule has 0 bridgehead atoms. The Bertz CT molecular complexity index is 620. The topological polar surface area (TPSA) is 76.4 Å². The summed E-state index contributed by atoms with van der Waals surface area (Å²) in [6.45, 7) is 2.15. The molecule has 1 saturated heterocycles. The molecule has 1 aliphatic carbocycles. The van der Waals surface area contributed by atoms with Gasteiger partial charge in [0.2, 0.25) is 5.91 Å². The number of anilines is 1. The summed E-state index contributed by atoms with van der Waals surface area (Å²) in [6, 6.07) is 2.30. The van der Waals surface area contributed by atoms with Crippen LogP contribution in [0.5, 0.6) is 0 Å². The maximum Gasteiger partial charge on any atom is 0.239 e. The molecular weight excluding hydrogens is 310 g/mol. The summed E-state index contributed by atoms with van der Waals surface area (Å²) in [5, 5.41) is 22.3. The first-order valence-corrected chi connectivity index (χ1v) is 9.20. The Morgan fingerprint density at radius 1 is 1.39 bits per heavy atom. The van der Waals surface area contributed by atoms with Gasteiger partial charge in [0.25, 0.3) is 0 Å². The highest BCUT2D eigenvalue weighted by Crippen LogP contribution is 2.36. The Kier molecular flexibility index (Phi) is 5.31. The highest BCUT2D eigenvalue weighted by molar-refractivity contribution is 7.16. The Morgan fingerprint density at radius 3 is 2.96 bits per heavy atom. The van der Waals surface area contributed by atoms with Gasteiger partial charge in [0.05, 0.1) is 12.1 Å². The lowest BCUT2D eigenvalue weighted by atomic mass is 10.1. The van der Waals surface area contributed by atoms with E-state index in [-0.39, 0.29) is 18.4 Å². The van der Waals surface area contributed by atoms with E-state index in [0.29, 0.717) is 12.1 Å². The zero-order valence-electron chi connectivity index (χ0n) is 13.3. The largest absolute Gasteiger partial charge is 0.396 e. The first-order chi connectivity index (χ1) is 11.2. The molecule has 23 heavy (non-hydrogen) atoms. The normalized spacial score (nSPS) is 21.5. The summed E-state index contributed by atoms with van der Waals surface area (Å²) in [5.41, 5.74) is 1.83. The summed E-state index contributed by atoms with van der Waals surface area (Å²) in [5.74, 6) is 0.228. The quantitative estimate of drug-likeness (QED) is 0.828. The van der Waals surface area contributed by atoms with Gasteiger partial charge in [-0.15, -0.1) is 11.3 Å². The van der Waals surface area contributed by atoms with E-state index in [1.54, 1.807) is 11.3 Å². The van der Waals surface area contributed by atoms with Gasteiger partial charge in [-0.2, -0.15) is 5.26 Å². The number of nitriles is 1. The van der Waals surface area contributed by atoms with E-state index < -0.39 is 0 Å². The number of carbonyl (C=O) groups excluding carboxylic acids is 1. The molecule has 2 aliphatic rings. The highest BCUT2D eigenvalue weighted by atomic mass is 32.1. The number of fused-ring (bicyclic) bond motifs is 1. The minimum atomic E-state index is -0.0588. The third-order valence-electron chi connectivity index (χ3n) is 4.78. The van der Waals surface area contributed by atoms with Crippen molar-refractivity contribution in [1.82, 2.24) is 4.90 Å². The van der Waals surface area contributed by atoms with E-state index in [2.05, 4.69) is 16.3 Å². The second kappa shape index (κ2) is 7.43. The van der Waals surface area contributed by atoms with Crippen LogP contribution < -0.4 is 5.32 Å². The van der Waals surface area contributed by atoms with E-state index in [9.17, 15) is 15.2 Å². The number of likely N-dealkylation sites (tertiary alicyclic amines) is 1. The fourth-order valence-electron chi connectivity index (χ4n) is 3.52. The van der Waals surface area contributed by atoms with Crippen molar-refractivity contribution in [3.8, 4) is 6.07 Å². The fraction of sp³-hybridized carbons (Fsp3) is 0.647. The van der Waals surface area contributed by atoms with E-state index in [0.717, 1.165) is 49.3 Å². The van der Waals surface area contributed by atoms with Crippen molar-refractivity contribution in [2.45, 2.75) is 38.5 Å². The lowest BCUT2D eigenvalue weighted by molar-refractivity contribution is -0.117. The molecule has 1 unspecified atom stereocenters. The molecule has 2 heterocycles. The Hall–Kier alpha value is -1.42. The first-order valence-electron chi connectivity index (χ1n) is 8.39. The molecule has 2 N–H and O–H groups in total. The minimum Gasteiger partial charge on any atom is -0.396 e. The van der Waals surface area contributed by atoms with Crippen molar-refractivity contribution in [3.63, 3.8) is 0 Å². The van der Waals surface area contributed by atoms with E-state index in [1.165, 1.54) is 17.7 Å². The van der Waals surface area contributed by atoms with Crippen LogP contribution in [0.25, 0.3) is 0 Å². The average molecular weight is 333 g/mol. The fourth-order valence-corrected chi connectivity index (χ4v) is 4.78. The van der Waals surface area contributed by atoms with Gasteiger partial charge in [-0.05, 0) is 50.1 Å². The van der Waals surface area contributed by atoms with Gasteiger partial charge in [0.15, 0.2) is 0 Å². The predicted octanol–water partition coefficient (Wildman–Crippen LogP) is 2.14. The van der Waals surface area contributed by atoms with E-state index in [1.807, 2.05) is 0 Å². The van der Waals surface area contributed by atoms with Crippen LogP contribution in [0.2, 0.25) is 0 Å². The monoisotopic (exact) mass is 333 g/mol. The lowest BCUT2D eigenvalue weighted by Gasteiger charge is -2.14. The maximum absolute atomic E-state index is 12.3. The molecule has 5 nitrogen and oxygen atoms in total. The second-order valence-electron chi connectivity index (χ2n) is 6.50. The van der Waals surface area contributed by atoms with Crippen LogP contribution in [0.1, 0.15) is 41.7 Å². The molecule has 1 aliphatic heterocycles. The van der Waals surface area contributed by atoms with Gasteiger partial charge in [-0.3, -0.25) is 9.69 Å². The van der Waals surface area contributed by atoms with Gasteiger partial charge in [-0.1, -0.05) is 6.42 Å². The molecule has 1 aromatic heterocycles. The number of aryl methyl sites for hydroxylation is 1. The SMILES string of the molecule is N#Cc1c(NC(=O)CN2CCC(CO)C2)sc2c1CCCCC2. The number of aliphatic hydroxyl groups is 1. The molecule has 3 rings (SSSR count). The second-order valence-corrected chi connectivity index (χ2v) is 7.61. The number of hydrogen-bond acceptors (Lipinski definition) is 5. The van der Waals surface area contributed by atoms with Crippen LogP contribution >= 0.6 is 11.3 Å². The van der Waals surface area contributed by atoms with Crippen LogP contribution in [-0.2, 0) is 17.6 Å². The number of amides is 1. The summed E-state index contributed by atoms with van der Waals surface area (Å²) in [4.78, 5) is 15.6. The summed E-state index contributed by atoms with van der Waals surface area (Å²) >= 11 is 1.58. The first kappa shape index (κ1) is 16.4. The number of hydrogen-bond donors (Lipinski definition) is 2. The number of nitrogens with one attached hydrogen (secondary N) is 1. The van der Waals surface area contributed by atoms with Gasteiger partial charge >= 0.3 is 0 Å². The standard InChI is InChI=1S/C17H23N3O2S/c18-8-14-13-4-2-1-3-5-15(13)23-17(14)19-16(22)10-20-7-6-12(9-20)11-21/h12,21H,1-7,9-11H2,(H,19,22). The molecule has 1 amide bonds. The third-order valence-corrected chi connectivity index (χ3v) is 5.99. The van der Waals surface area contributed by atoms with Crippen LogP contribution in [0, 0.1) is 17.2 Å². The Morgan fingerprint density at radius 2 is 2.22 bits per heavy atom. The highest BCUT2D eigenvalue weighted by Gasteiger charge is 2.25. The smallest absolute Gasteiger partial charge is 0.239 e. The maximum atomic E-state index is 12.3. The molecule has 0 aromatic carbocycles. The number of carbonyl (C=O) groups is 1. The minimum absolute atomic E-state index is 0.0588. The number of aliphatic hydroxyl groups excluding tert-OH is 1.